The molecule has 0 aromatic carbocycles. The van der Waals surface area contributed by atoms with Gasteiger partial charge in [0.05, 0.1) is 12.6 Å². The molecule has 1 amide bonds. The van der Waals surface area contributed by atoms with Crippen molar-refractivity contribution in [3.8, 4) is 0 Å². The molecule has 1 rings (SSSR count). The first-order valence-corrected chi connectivity index (χ1v) is 5.87. The van der Waals surface area contributed by atoms with Crippen LogP contribution in [-0.4, -0.2) is 36.8 Å². The summed E-state index contributed by atoms with van der Waals surface area (Å²) in [5, 5.41) is 15.2. The van der Waals surface area contributed by atoms with Gasteiger partial charge in [0, 0.05) is 6.54 Å². The Hall–Kier alpha value is -0.610. The summed E-state index contributed by atoms with van der Waals surface area (Å²) in [6, 6.07) is 0. The molecule has 1 saturated carbocycles. The Balaban J connectivity index is 1.88. The average molecular weight is 214 g/mol. The molecule has 1 aliphatic rings. The highest BCUT2D eigenvalue weighted by atomic mass is 16.3. The van der Waals surface area contributed by atoms with Crippen molar-refractivity contribution in [2.45, 2.75) is 38.7 Å². The predicted molar refractivity (Wildman–Crippen MR) is 59.5 cm³/mol. The zero-order valence-electron chi connectivity index (χ0n) is 9.46. The second-order valence-corrected chi connectivity index (χ2v) is 4.27. The van der Waals surface area contributed by atoms with Crippen LogP contribution in [0.25, 0.3) is 0 Å². The van der Waals surface area contributed by atoms with Gasteiger partial charge < -0.3 is 15.7 Å². The van der Waals surface area contributed by atoms with Gasteiger partial charge in [0.1, 0.15) is 0 Å². The van der Waals surface area contributed by atoms with Crippen molar-refractivity contribution < 1.29 is 9.90 Å². The third-order valence-electron chi connectivity index (χ3n) is 2.69. The Morgan fingerprint density at radius 1 is 1.53 bits per heavy atom. The highest BCUT2D eigenvalue weighted by Gasteiger charge is 2.20. The topological polar surface area (TPSA) is 61.4 Å². The first-order valence-electron chi connectivity index (χ1n) is 5.87. The van der Waals surface area contributed by atoms with E-state index < -0.39 is 0 Å². The molecular weight excluding hydrogens is 192 g/mol. The number of aliphatic hydroxyl groups is 1. The zero-order valence-corrected chi connectivity index (χ0v) is 9.46. The predicted octanol–water partition coefficient (Wildman–Crippen LogP) is 0.263. The molecule has 1 atom stereocenters. The summed E-state index contributed by atoms with van der Waals surface area (Å²) < 4.78 is 0. The van der Waals surface area contributed by atoms with E-state index in [-0.39, 0.29) is 12.0 Å². The molecule has 0 radical (unpaired) electrons. The van der Waals surface area contributed by atoms with Gasteiger partial charge in [-0.2, -0.15) is 0 Å². The third kappa shape index (κ3) is 6.47. The van der Waals surface area contributed by atoms with Crippen molar-refractivity contribution in [1.82, 2.24) is 10.6 Å². The molecular formula is C11H22N2O2. The van der Waals surface area contributed by atoms with E-state index in [0.29, 0.717) is 19.5 Å². The molecule has 0 bridgehead atoms. The minimum Gasteiger partial charge on any atom is -0.393 e. The number of carbonyl (C=O) groups excluding carboxylic acids is 1. The number of carbonyl (C=O) groups is 1. The Bertz CT molecular complexity index is 193. The molecule has 0 aliphatic heterocycles. The van der Waals surface area contributed by atoms with Gasteiger partial charge in [-0.05, 0) is 38.1 Å². The van der Waals surface area contributed by atoms with E-state index in [1.807, 2.05) is 6.92 Å². The highest BCUT2D eigenvalue weighted by Crippen LogP contribution is 2.27. The van der Waals surface area contributed by atoms with E-state index in [4.69, 9.17) is 0 Å². The maximum atomic E-state index is 11.3. The van der Waals surface area contributed by atoms with E-state index in [9.17, 15) is 9.90 Å². The second kappa shape index (κ2) is 6.80. The van der Waals surface area contributed by atoms with Gasteiger partial charge >= 0.3 is 0 Å². The van der Waals surface area contributed by atoms with Gasteiger partial charge in [0.15, 0.2) is 0 Å². The van der Waals surface area contributed by atoms with Gasteiger partial charge in [-0.1, -0.05) is 6.92 Å². The third-order valence-corrected chi connectivity index (χ3v) is 2.69. The molecule has 4 heteroatoms. The normalized spacial score (nSPS) is 17.5. The molecule has 1 unspecified atom stereocenters. The fraction of sp³-hybridized carbons (Fsp3) is 0.909. The van der Waals surface area contributed by atoms with Crippen LogP contribution < -0.4 is 10.6 Å². The van der Waals surface area contributed by atoms with Gasteiger partial charge in [0.25, 0.3) is 0 Å². The molecule has 1 aliphatic carbocycles. The molecule has 15 heavy (non-hydrogen) atoms. The smallest absolute Gasteiger partial charge is 0.233 e. The van der Waals surface area contributed by atoms with Crippen LogP contribution in [0.1, 0.15) is 32.6 Å². The fourth-order valence-electron chi connectivity index (χ4n) is 1.36. The minimum absolute atomic E-state index is 0.0268. The van der Waals surface area contributed by atoms with Crippen molar-refractivity contribution in [1.29, 1.82) is 0 Å². The van der Waals surface area contributed by atoms with Crippen LogP contribution in [-0.2, 0) is 4.79 Å². The Labute approximate surface area is 91.4 Å². The number of nitrogens with one attached hydrogen (secondary N) is 2. The standard InChI is InChI=1S/C11H22N2O2/c1-2-10(14)5-6-13-11(15)8-12-7-9-3-4-9/h9-10,12,14H,2-8H2,1H3,(H,13,15). The van der Waals surface area contributed by atoms with Crippen LogP contribution in [0.4, 0.5) is 0 Å². The largest absolute Gasteiger partial charge is 0.393 e. The zero-order chi connectivity index (χ0) is 11.1. The Kier molecular flexibility index (Phi) is 5.65. The van der Waals surface area contributed by atoms with Crippen LogP contribution in [0.2, 0.25) is 0 Å². The quantitative estimate of drug-likeness (QED) is 0.543. The van der Waals surface area contributed by atoms with Crippen molar-refractivity contribution in [2.75, 3.05) is 19.6 Å². The second-order valence-electron chi connectivity index (χ2n) is 4.27. The molecule has 1 fully saturated rings. The van der Waals surface area contributed by atoms with Crippen molar-refractivity contribution in [3.63, 3.8) is 0 Å². The van der Waals surface area contributed by atoms with Crippen molar-refractivity contribution in [3.05, 3.63) is 0 Å². The number of hydrogen-bond donors (Lipinski definition) is 3. The number of rotatable bonds is 8. The lowest BCUT2D eigenvalue weighted by Gasteiger charge is -2.09. The first kappa shape index (κ1) is 12.5. The molecule has 0 heterocycles. The summed E-state index contributed by atoms with van der Waals surface area (Å²) in [5.74, 6) is 0.832. The monoisotopic (exact) mass is 214 g/mol. The van der Waals surface area contributed by atoms with Crippen LogP contribution in [0.3, 0.4) is 0 Å². The average Bonchev–Trinajstić information content (AvgIpc) is 3.01. The van der Waals surface area contributed by atoms with Gasteiger partial charge in [-0.3, -0.25) is 4.79 Å². The van der Waals surface area contributed by atoms with Crippen LogP contribution in [0.15, 0.2) is 0 Å². The number of aliphatic hydroxyl groups excluding tert-OH is 1. The lowest BCUT2D eigenvalue weighted by Crippen LogP contribution is -2.36. The maximum absolute atomic E-state index is 11.3. The summed E-state index contributed by atoms with van der Waals surface area (Å²) in [5.41, 5.74) is 0. The lowest BCUT2D eigenvalue weighted by atomic mass is 10.2. The number of amides is 1. The molecule has 0 aromatic rings. The van der Waals surface area contributed by atoms with E-state index in [0.717, 1.165) is 18.9 Å². The summed E-state index contributed by atoms with van der Waals surface area (Å²) in [6.45, 7) is 3.87. The molecule has 0 saturated heterocycles. The van der Waals surface area contributed by atoms with Gasteiger partial charge in [0.2, 0.25) is 5.91 Å². The highest BCUT2D eigenvalue weighted by molar-refractivity contribution is 5.77. The first-order chi connectivity index (χ1) is 7.22. The minimum atomic E-state index is -0.287. The summed E-state index contributed by atoms with van der Waals surface area (Å²) >= 11 is 0. The number of hydrogen-bond acceptors (Lipinski definition) is 3. The molecule has 0 spiro atoms. The maximum Gasteiger partial charge on any atom is 0.233 e. The Morgan fingerprint density at radius 2 is 2.27 bits per heavy atom. The van der Waals surface area contributed by atoms with Crippen molar-refractivity contribution in [2.24, 2.45) is 5.92 Å². The van der Waals surface area contributed by atoms with E-state index in [1.165, 1.54) is 12.8 Å². The van der Waals surface area contributed by atoms with E-state index >= 15 is 0 Å². The summed E-state index contributed by atoms with van der Waals surface area (Å²) in [6.07, 6.45) is 3.71. The lowest BCUT2D eigenvalue weighted by molar-refractivity contribution is -0.120. The van der Waals surface area contributed by atoms with Crippen LogP contribution in [0.5, 0.6) is 0 Å². The fourth-order valence-corrected chi connectivity index (χ4v) is 1.36. The van der Waals surface area contributed by atoms with Crippen molar-refractivity contribution >= 4 is 5.91 Å². The summed E-state index contributed by atoms with van der Waals surface area (Å²) in [7, 11) is 0. The van der Waals surface area contributed by atoms with Crippen LogP contribution >= 0.6 is 0 Å². The SMILES string of the molecule is CCC(O)CCNC(=O)CNCC1CC1. The van der Waals surface area contributed by atoms with Crippen LogP contribution in [0, 0.1) is 5.92 Å². The van der Waals surface area contributed by atoms with Gasteiger partial charge in [-0.25, -0.2) is 0 Å². The summed E-state index contributed by atoms with van der Waals surface area (Å²) in [4.78, 5) is 11.3. The molecule has 4 nitrogen and oxygen atoms in total. The van der Waals surface area contributed by atoms with Gasteiger partial charge in [-0.15, -0.1) is 0 Å². The van der Waals surface area contributed by atoms with E-state index in [1.54, 1.807) is 0 Å². The Morgan fingerprint density at radius 3 is 2.87 bits per heavy atom. The molecule has 0 aromatic heterocycles. The molecule has 3 N–H and O–H groups in total. The molecule has 88 valence electrons. The van der Waals surface area contributed by atoms with E-state index in [2.05, 4.69) is 10.6 Å².